The van der Waals surface area contributed by atoms with Crippen molar-refractivity contribution in [3.05, 3.63) is 54.1 Å². The molecule has 2 heterocycles. The van der Waals surface area contributed by atoms with Crippen molar-refractivity contribution in [2.24, 2.45) is 5.92 Å². The van der Waals surface area contributed by atoms with Crippen LogP contribution in [0.4, 0.5) is 0 Å². The summed E-state index contributed by atoms with van der Waals surface area (Å²) >= 11 is 0. The molecule has 4 nitrogen and oxygen atoms in total. The molecule has 5 rings (SSSR count). The normalized spacial score (nSPS) is 25.3. The molecule has 118 valence electrons. The molecule has 0 amide bonds. The number of fused-ring (bicyclic) bond motifs is 8. The molecule has 3 atom stereocenters. The molecule has 4 heteroatoms. The first-order chi connectivity index (χ1) is 11.7. The quantitative estimate of drug-likeness (QED) is 0.275. The molecule has 3 aromatic carbocycles. The summed E-state index contributed by atoms with van der Waals surface area (Å²) < 4.78 is 11.0. The maximum atomic E-state index is 12.5. The highest BCUT2D eigenvalue weighted by Crippen LogP contribution is 2.51. The predicted octanol–water partition coefficient (Wildman–Crippen LogP) is 3.56. The summed E-state index contributed by atoms with van der Waals surface area (Å²) in [5, 5.41) is 4.04. The molecule has 0 aliphatic carbocycles. The van der Waals surface area contributed by atoms with Gasteiger partial charge in [0, 0.05) is 16.9 Å². The summed E-state index contributed by atoms with van der Waals surface area (Å²) in [5.41, 5.74) is 0.909. The van der Waals surface area contributed by atoms with E-state index in [9.17, 15) is 9.59 Å². The van der Waals surface area contributed by atoms with Gasteiger partial charge in [-0.05, 0) is 23.1 Å². The van der Waals surface area contributed by atoms with E-state index in [2.05, 4.69) is 6.07 Å². The lowest BCUT2D eigenvalue weighted by atomic mass is 9.78. The van der Waals surface area contributed by atoms with Crippen LogP contribution in [-0.4, -0.2) is 18.0 Å². The van der Waals surface area contributed by atoms with Gasteiger partial charge in [-0.3, -0.25) is 9.59 Å². The zero-order chi connectivity index (χ0) is 16.4. The minimum absolute atomic E-state index is 0.303. The molecule has 0 aromatic heterocycles. The zero-order valence-corrected chi connectivity index (χ0v) is 13.0. The van der Waals surface area contributed by atoms with E-state index in [1.165, 1.54) is 0 Å². The Morgan fingerprint density at radius 1 is 0.792 bits per heavy atom. The van der Waals surface area contributed by atoms with Gasteiger partial charge in [-0.2, -0.15) is 0 Å². The molecule has 0 unspecified atom stereocenters. The monoisotopic (exact) mass is 318 g/mol. The third-order valence-electron chi connectivity index (χ3n) is 5.13. The molecule has 0 N–H and O–H groups in total. The number of benzene rings is 3. The lowest BCUT2D eigenvalue weighted by molar-refractivity contribution is -0.151. The number of carbonyl (C=O) groups excluding carboxylic acids is 2. The molecule has 0 bridgehead atoms. The molecule has 2 aliphatic heterocycles. The number of hydrogen-bond acceptors (Lipinski definition) is 4. The fourth-order valence-corrected chi connectivity index (χ4v) is 4.13. The van der Waals surface area contributed by atoms with Crippen molar-refractivity contribution in [2.75, 3.05) is 0 Å². The van der Waals surface area contributed by atoms with Gasteiger partial charge in [-0.1, -0.05) is 48.5 Å². The highest BCUT2D eigenvalue weighted by molar-refractivity contribution is 6.15. The standard InChI is InChI=1S/C20H14O4/c1-10-15-16-13-8-4-2-6-11(13)12-7-3-5-9-14(12)18(16)24-20(22)17(15)19(21)23-10/h2-10,15,17H,1H3/t10-,15-,17+/m0/s1. The van der Waals surface area contributed by atoms with E-state index >= 15 is 0 Å². The zero-order valence-electron chi connectivity index (χ0n) is 13.0. The van der Waals surface area contributed by atoms with Crippen LogP contribution in [0.15, 0.2) is 48.5 Å². The molecule has 24 heavy (non-hydrogen) atoms. The van der Waals surface area contributed by atoms with Gasteiger partial charge in [0.05, 0.1) is 0 Å². The minimum Gasteiger partial charge on any atom is -0.461 e. The van der Waals surface area contributed by atoms with Crippen molar-refractivity contribution in [1.29, 1.82) is 0 Å². The summed E-state index contributed by atoms with van der Waals surface area (Å²) in [7, 11) is 0. The molecule has 3 aromatic rings. The Kier molecular flexibility index (Phi) is 2.58. The fraction of sp³-hybridized carbons (Fsp3) is 0.200. The van der Waals surface area contributed by atoms with Crippen molar-refractivity contribution in [3.63, 3.8) is 0 Å². The van der Waals surface area contributed by atoms with Gasteiger partial charge < -0.3 is 9.47 Å². The average Bonchev–Trinajstić information content (AvgIpc) is 2.90. The number of carbonyl (C=O) groups is 2. The van der Waals surface area contributed by atoms with Crippen LogP contribution in [0.3, 0.4) is 0 Å². The fourth-order valence-electron chi connectivity index (χ4n) is 4.13. The van der Waals surface area contributed by atoms with Crippen molar-refractivity contribution in [1.82, 2.24) is 0 Å². The summed E-state index contributed by atoms with van der Waals surface area (Å²) in [4.78, 5) is 24.6. The van der Waals surface area contributed by atoms with Crippen molar-refractivity contribution >= 4 is 33.5 Å². The Morgan fingerprint density at radius 2 is 1.38 bits per heavy atom. The van der Waals surface area contributed by atoms with Gasteiger partial charge in [-0.15, -0.1) is 0 Å². The summed E-state index contributed by atoms with van der Waals surface area (Å²) in [5.74, 6) is -1.59. The van der Waals surface area contributed by atoms with Crippen LogP contribution in [0.25, 0.3) is 21.5 Å². The molecule has 0 radical (unpaired) electrons. The lowest BCUT2D eigenvalue weighted by Crippen LogP contribution is -2.34. The van der Waals surface area contributed by atoms with Crippen LogP contribution >= 0.6 is 0 Å². The van der Waals surface area contributed by atoms with E-state index in [4.69, 9.17) is 9.47 Å². The summed E-state index contributed by atoms with van der Waals surface area (Å²) in [6.45, 7) is 1.84. The second-order valence-electron chi connectivity index (χ2n) is 6.40. The van der Waals surface area contributed by atoms with E-state index in [0.717, 1.165) is 27.1 Å². The van der Waals surface area contributed by atoms with Crippen LogP contribution < -0.4 is 4.74 Å². The van der Waals surface area contributed by atoms with Gasteiger partial charge in [0.25, 0.3) is 0 Å². The van der Waals surface area contributed by atoms with E-state index in [-0.39, 0.29) is 12.0 Å². The summed E-state index contributed by atoms with van der Waals surface area (Å²) in [6.07, 6.45) is -0.348. The Balaban J connectivity index is 1.97. The first-order valence-corrected chi connectivity index (χ1v) is 8.02. The number of ether oxygens (including phenoxy) is 2. The Hall–Kier alpha value is -2.88. The van der Waals surface area contributed by atoms with E-state index < -0.39 is 17.9 Å². The first kappa shape index (κ1) is 13.5. The van der Waals surface area contributed by atoms with Crippen LogP contribution in [0.5, 0.6) is 5.75 Å². The second kappa shape index (κ2) is 4.57. The SMILES string of the molecule is C[C@@H]1OC(=O)[C@@H]2C(=O)Oc3c(c4ccccc4c4ccccc34)[C@@H]21. The van der Waals surface area contributed by atoms with Gasteiger partial charge in [0.2, 0.25) is 0 Å². The Morgan fingerprint density at radius 3 is 2.08 bits per heavy atom. The first-order valence-electron chi connectivity index (χ1n) is 8.02. The molecule has 0 saturated carbocycles. The van der Waals surface area contributed by atoms with Gasteiger partial charge in [-0.25, -0.2) is 0 Å². The van der Waals surface area contributed by atoms with Crippen LogP contribution in [-0.2, 0) is 14.3 Å². The molecule has 0 spiro atoms. The maximum absolute atomic E-state index is 12.5. The van der Waals surface area contributed by atoms with E-state index in [1.54, 1.807) is 0 Å². The topological polar surface area (TPSA) is 52.6 Å². The second-order valence-corrected chi connectivity index (χ2v) is 6.40. The lowest BCUT2D eigenvalue weighted by Gasteiger charge is -2.28. The van der Waals surface area contributed by atoms with Crippen molar-refractivity contribution < 1.29 is 19.1 Å². The largest absolute Gasteiger partial charge is 0.461 e. The van der Waals surface area contributed by atoms with Crippen molar-refractivity contribution in [3.8, 4) is 5.75 Å². The molecular weight excluding hydrogens is 304 g/mol. The van der Waals surface area contributed by atoms with Crippen LogP contribution in [0, 0.1) is 5.92 Å². The van der Waals surface area contributed by atoms with Crippen LogP contribution in [0.2, 0.25) is 0 Å². The van der Waals surface area contributed by atoms with E-state index in [0.29, 0.717) is 5.75 Å². The highest BCUT2D eigenvalue weighted by Gasteiger charge is 2.53. The average molecular weight is 318 g/mol. The predicted molar refractivity (Wildman–Crippen MR) is 88.9 cm³/mol. The number of hydrogen-bond donors (Lipinski definition) is 0. The molecule has 1 fully saturated rings. The van der Waals surface area contributed by atoms with Crippen molar-refractivity contribution in [2.45, 2.75) is 18.9 Å². The Labute approximate surface area is 138 Å². The van der Waals surface area contributed by atoms with Gasteiger partial charge in [0.1, 0.15) is 11.9 Å². The molecule has 2 aliphatic rings. The maximum Gasteiger partial charge on any atom is 0.326 e. The highest BCUT2D eigenvalue weighted by atomic mass is 16.6. The molecule has 1 saturated heterocycles. The number of cyclic esters (lactones) is 1. The van der Waals surface area contributed by atoms with E-state index in [1.807, 2.05) is 49.4 Å². The third-order valence-corrected chi connectivity index (χ3v) is 5.13. The minimum atomic E-state index is -0.864. The number of esters is 2. The van der Waals surface area contributed by atoms with Gasteiger partial charge in [0.15, 0.2) is 5.92 Å². The third kappa shape index (κ3) is 1.58. The Bertz CT molecular complexity index is 1040. The van der Waals surface area contributed by atoms with Gasteiger partial charge >= 0.3 is 11.9 Å². The smallest absolute Gasteiger partial charge is 0.326 e. The number of rotatable bonds is 0. The van der Waals surface area contributed by atoms with Crippen LogP contribution in [0.1, 0.15) is 18.4 Å². The molecular formula is C20H14O4. The summed E-state index contributed by atoms with van der Waals surface area (Å²) in [6, 6.07) is 15.9.